The van der Waals surface area contributed by atoms with Crippen LogP contribution in [0.2, 0.25) is 0 Å². The van der Waals surface area contributed by atoms with Crippen LogP contribution in [0.15, 0.2) is 55.1 Å². The van der Waals surface area contributed by atoms with Crippen LogP contribution in [-0.2, 0) is 15.9 Å². The van der Waals surface area contributed by atoms with Gasteiger partial charge in [0.1, 0.15) is 11.3 Å². The van der Waals surface area contributed by atoms with Gasteiger partial charge < -0.3 is 18.9 Å². The zero-order valence-electron chi connectivity index (χ0n) is 19.1. The summed E-state index contributed by atoms with van der Waals surface area (Å²) in [4.78, 5) is 25.7. The highest BCUT2D eigenvalue weighted by Crippen LogP contribution is 2.39. The SMILES string of the molecule is C=CCc1cc(-c2nn(-c3ccccc3)c(C(=O)OC)c2C(=O)OC)cc(OCC)c1OC. The molecule has 0 aliphatic carbocycles. The number of esters is 2. The number of hydrogen-bond donors (Lipinski definition) is 0. The van der Waals surface area contributed by atoms with Crippen molar-refractivity contribution in [3.05, 3.63) is 71.9 Å². The maximum absolute atomic E-state index is 12.9. The molecule has 0 fully saturated rings. The highest BCUT2D eigenvalue weighted by molar-refractivity contribution is 6.07. The molecule has 172 valence electrons. The summed E-state index contributed by atoms with van der Waals surface area (Å²) in [5.74, 6) is -0.385. The van der Waals surface area contributed by atoms with Gasteiger partial charge in [-0.1, -0.05) is 24.3 Å². The molecule has 0 aliphatic heterocycles. The van der Waals surface area contributed by atoms with Crippen LogP contribution in [0.4, 0.5) is 0 Å². The lowest BCUT2D eigenvalue weighted by Gasteiger charge is -2.15. The van der Waals surface area contributed by atoms with Gasteiger partial charge in [0.15, 0.2) is 17.2 Å². The smallest absolute Gasteiger partial charge is 0.357 e. The molecule has 0 N–H and O–H groups in total. The average molecular weight is 450 g/mol. The fourth-order valence-corrected chi connectivity index (χ4v) is 3.55. The molecule has 0 atom stereocenters. The van der Waals surface area contributed by atoms with Gasteiger partial charge in [-0.25, -0.2) is 14.3 Å². The minimum absolute atomic E-state index is 0.00892. The van der Waals surface area contributed by atoms with Gasteiger partial charge in [-0.3, -0.25) is 0 Å². The maximum atomic E-state index is 12.9. The number of methoxy groups -OCH3 is 3. The summed E-state index contributed by atoms with van der Waals surface area (Å²) >= 11 is 0. The van der Waals surface area contributed by atoms with Crippen molar-refractivity contribution in [3.63, 3.8) is 0 Å². The first-order valence-corrected chi connectivity index (χ1v) is 10.3. The van der Waals surface area contributed by atoms with Crippen LogP contribution in [0.25, 0.3) is 16.9 Å². The Morgan fingerprint density at radius 3 is 2.33 bits per heavy atom. The second-order valence-electron chi connectivity index (χ2n) is 6.90. The predicted octanol–water partition coefficient (Wildman–Crippen LogP) is 4.25. The van der Waals surface area contributed by atoms with Crippen molar-refractivity contribution >= 4 is 11.9 Å². The number of rotatable bonds is 9. The zero-order valence-corrected chi connectivity index (χ0v) is 19.1. The third-order valence-electron chi connectivity index (χ3n) is 4.93. The molecule has 0 bridgehead atoms. The molecule has 2 aromatic carbocycles. The predicted molar refractivity (Wildman–Crippen MR) is 123 cm³/mol. The van der Waals surface area contributed by atoms with Crippen LogP contribution in [0, 0.1) is 0 Å². The van der Waals surface area contributed by atoms with Crippen LogP contribution in [0.5, 0.6) is 11.5 Å². The van der Waals surface area contributed by atoms with Crippen molar-refractivity contribution < 1.29 is 28.5 Å². The number of hydrogen-bond acceptors (Lipinski definition) is 7. The lowest BCUT2D eigenvalue weighted by atomic mass is 10.00. The summed E-state index contributed by atoms with van der Waals surface area (Å²) in [6.45, 7) is 6.07. The van der Waals surface area contributed by atoms with Crippen LogP contribution in [0.1, 0.15) is 33.3 Å². The van der Waals surface area contributed by atoms with E-state index in [-0.39, 0.29) is 17.0 Å². The number of para-hydroxylation sites is 1. The molecule has 0 amide bonds. The molecule has 0 spiro atoms. The van der Waals surface area contributed by atoms with E-state index in [0.717, 1.165) is 5.56 Å². The van der Waals surface area contributed by atoms with Crippen LogP contribution < -0.4 is 9.47 Å². The van der Waals surface area contributed by atoms with Crippen molar-refractivity contribution in [1.82, 2.24) is 9.78 Å². The Morgan fingerprint density at radius 1 is 1.06 bits per heavy atom. The molecule has 8 nitrogen and oxygen atoms in total. The third-order valence-corrected chi connectivity index (χ3v) is 4.93. The van der Waals surface area contributed by atoms with Crippen LogP contribution in [0.3, 0.4) is 0 Å². The molecular weight excluding hydrogens is 424 g/mol. The molecule has 0 aliphatic rings. The number of nitrogens with zero attached hydrogens (tertiary/aromatic N) is 2. The Balaban J connectivity index is 2.39. The zero-order chi connectivity index (χ0) is 24.0. The van der Waals surface area contributed by atoms with Crippen LogP contribution in [-0.4, -0.2) is 49.7 Å². The van der Waals surface area contributed by atoms with E-state index in [0.29, 0.717) is 35.8 Å². The Hall–Kier alpha value is -4.07. The maximum Gasteiger partial charge on any atom is 0.357 e. The minimum atomic E-state index is -0.720. The van der Waals surface area contributed by atoms with E-state index in [4.69, 9.17) is 18.9 Å². The van der Waals surface area contributed by atoms with Crippen molar-refractivity contribution in [1.29, 1.82) is 0 Å². The fourth-order valence-electron chi connectivity index (χ4n) is 3.55. The second kappa shape index (κ2) is 10.5. The lowest BCUT2D eigenvalue weighted by molar-refractivity contribution is 0.0549. The second-order valence-corrected chi connectivity index (χ2v) is 6.90. The standard InChI is InChI=1S/C25H26N2O6/c1-6-11-16-14-17(15-19(33-7-2)23(16)30-3)21-20(24(28)31-4)22(25(29)32-5)27(26-21)18-12-9-8-10-13-18/h6,8-10,12-15H,1,7,11H2,2-5H3. The van der Waals surface area contributed by atoms with E-state index in [1.807, 2.05) is 19.1 Å². The van der Waals surface area contributed by atoms with Gasteiger partial charge in [0.05, 0.1) is 33.6 Å². The van der Waals surface area contributed by atoms with E-state index in [2.05, 4.69) is 11.7 Å². The minimum Gasteiger partial charge on any atom is -0.493 e. The highest BCUT2D eigenvalue weighted by Gasteiger charge is 2.32. The van der Waals surface area contributed by atoms with Crippen molar-refractivity contribution in [2.75, 3.05) is 27.9 Å². The van der Waals surface area contributed by atoms with Crippen molar-refractivity contribution in [3.8, 4) is 28.4 Å². The summed E-state index contributed by atoms with van der Waals surface area (Å²) in [6, 6.07) is 12.5. The molecule has 3 rings (SSSR count). The molecule has 1 heterocycles. The summed E-state index contributed by atoms with van der Waals surface area (Å²) in [5, 5.41) is 4.64. The van der Waals surface area contributed by atoms with E-state index in [9.17, 15) is 9.59 Å². The first kappa shape index (κ1) is 23.6. The topological polar surface area (TPSA) is 88.9 Å². The van der Waals surface area contributed by atoms with Gasteiger partial charge in [0.2, 0.25) is 0 Å². The van der Waals surface area contributed by atoms with Gasteiger partial charge in [-0.05, 0) is 37.6 Å². The quantitative estimate of drug-likeness (QED) is 0.356. The average Bonchev–Trinajstić information content (AvgIpc) is 3.24. The summed E-state index contributed by atoms with van der Waals surface area (Å²) in [6.07, 6.45) is 2.23. The fraction of sp³-hybridized carbons (Fsp3) is 0.240. The third kappa shape index (κ3) is 4.59. The van der Waals surface area contributed by atoms with Crippen LogP contribution >= 0.6 is 0 Å². The number of aromatic nitrogens is 2. The Bertz CT molecular complexity index is 1170. The summed E-state index contributed by atoms with van der Waals surface area (Å²) in [5.41, 5.74) is 2.13. The van der Waals surface area contributed by atoms with Gasteiger partial charge in [0.25, 0.3) is 0 Å². The molecule has 0 unspecified atom stereocenters. The molecule has 1 aromatic heterocycles. The number of allylic oxidation sites excluding steroid dienone is 1. The van der Waals surface area contributed by atoms with Gasteiger partial charge in [-0.15, -0.1) is 6.58 Å². The number of carbonyl (C=O) groups excluding carboxylic acids is 2. The van der Waals surface area contributed by atoms with E-state index in [1.165, 1.54) is 18.9 Å². The first-order valence-electron chi connectivity index (χ1n) is 10.3. The Kier molecular flexibility index (Phi) is 7.50. The lowest BCUT2D eigenvalue weighted by Crippen LogP contribution is -2.15. The number of benzene rings is 2. The summed E-state index contributed by atoms with van der Waals surface area (Å²) < 4.78 is 22.7. The van der Waals surface area contributed by atoms with Crippen molar-refractivity contribution in [2.24, 2.45) is 0 Å². The Morgan fingerprint density at radius 2 is 1.76 bits per heavy atom. The molecular formula is C25H26N2O6. The van der Waals surface area contributed by atoms with E-state index < -0.39 is 11.9 Å². The largest absolute Gasteiger partial charge is 0.493 e. The van der Waals surface area contributed by atoms with Crippen molar-refractivity contribution in [2.45, 2.75) is 13.3 Å². The molecule has 0 saturated heterocycles. The molecule has 33 heavy (non-hydrogen) atoms. The molecule has 3 aromatic rings. The van der Waals surface area contributed by atoms with E-state index in [1.54, 1.807) is 43.5 Å². The van der Waals surface area contributed by atoms with Gasteiger partial charge in [-0.2, -0.15) is 5.10 Å². The molecule has 0 radical (unpaired) electrons. The monoisotopic (exact) mass is 450 g/mol. The molecule has 8 heteroatoms. The normalized spacial score (nSPS) is 10.4. The number of ether oxygens (including phenoxy) is 4. The Labute approximate surface area is 192 Å². The first-order chi connectivity index (χ1) is 16.0. The van der Waals surface area contributed by atoms with Gasteiger partial charge in [0, 0.05) is 11.1 Å². The highest BCUT2D eigenvalue weighted by atomic mass is 16.5. The number of carbonyl (C=O) groups is 2. The molecule has 0 saturated carbocycles. The van der Waals surface area contributed by atoms with E-state index >= 15 is 0 Å². The summed E-state index contributed by atoms with van der Waals surface area (Å²) in [7, 11) is 4.05. The van der Waals surface area contributed by atoms with Gasteiger partial charge >= 0.3 is 11.9 Å².